The number of para-hydroxylation sites is 1. The van der Waals surface area contributed by atoms with Crippen molar-refractivity contribution in [3.63, 3.8) is 0 Å². The Balaban J connectivity index is 0.00000272. The summed E-state index contributed by atoms with van der Waals surface area (Å²) >= 11 is 0. The Morgan fingerprint density at radius 1 is 1.32 bits per heavy atom. The number of rotatable bonds is 6. The van der Waals surface area contributed by atoms with Crippen LogP contribution in [0, 0.1) is 6.92 Å². The number of fused-ring (bicyclic) bond motifs is 2. The molecule has 1 unspecified atom stereocenters. The van der Waals surface area contributed by atoms with Crippen LogP contribution < -0.4 is 4.90 Å². The zero-order valence-corrected chi connectivity index (χ0v) is 18.2. The monoisotopic (exact) mass is 445 g/mol. The second kappa shape index (κ2) is 10.1. The van der Waals surface area contributed by atoms with Crippen molar-refractivity contribution in [2.45, 2.75) is 26.3 Å². The number of pyridine rings is 1. The molecule has 8 heteroatoms. The third-order valence-corrected chi connectivity index (χ3v) is 5.91. The minimum absolute atomic E-state index is 0. The molecule has 1 atom stereocenters. The van der Waals surface area contributed by atoms with E-state index in [1.807, 2.05) is 49.2 Å². The van der Waals surface area contributed by atoms with E-state index in [2.05, 4.69) is 14.2 Å². The van der Waals surface area contributed by atoms with E-state index in [1.54, 1.807) is 17.2 Å². The first-order chi connectivity index (χ1) is 14.5. The van der Waals surface area contributed by atoms with Crippen molar-refractivity contribution in [2.24, 2.45) is 0 Å². The molecule has 0 saturated carbocycles. The van der Waals surface area contributed by atoms with Gasteiger partial charge in [-0.3, -0.25) is 14.5 Å². The Morgan fingerprint density at radius 3 is 2.81 bits per heavy atom. The Morgan fingerprint density at radius 2 is 2.10 bits per heavy atom. The summed E-state index contributed by atoms with van der Waals surface area (Å²) in [5.74, 6) is 1.64. The topological polar surface area (TPSA) is 66.7 Å². The van der Waals surface area contributed by atoms with E-state index in [0.717, 1.165) is 45.4 Å². The first-order valence-corrected chi connectivity index (χ1v) is 10.7. The van der Waals surface area contributed by atoms with E-state index in [-0.39, 0.29) is 35.5 Å². The van der Waals surface area contributed by atoms with Crippen molar-refractivity contribution < 1.29 is 14.0 Å². The molecule has 1 aliphatic heterocycles. The van der Waals surface area contributed by atoms with Crippen molar-refractivity contribution in [2.75, 3.05) is 18.2 Å². The van der Waals surface area contributed by atoms with Gasteiger partial charge in [0.2, 0.25) is 5.91 Å². The Hall–Kier alpha value is -1.98. The molecule has 2 aromatic heterocycles. The van der Waals surface area contributed by atoms with Gasteiger partial charge in [0, 0.05) is 54.2 Å². The number of furan rings is 1. The van der Waals surface area contributed by atoms with Crippen molar-refractivity contribution >= 4 is 73.5 Å². The number of aryl methyl sites for hydroxylation is 2. The fourth-order valence-electron chi connectivity index (χ4n) is 3.94. The molecule has 0 radical (unpaired) electrons. The fraction of sp³-hybridized carbons (Fsp3) is 0.261. The van der Waals surface area contributed by atoms with Crippen molar-refractivity contribution in [1.29, 1.82) is 0 Å². The van der Waals surface area contributed by atoms with Gasteiger partial charge in [0.15, 0.2) is 0 Å². The van der Waals surface area contributed by atoms with Crippen LogP contribution in [-0.4, -0.2) is 65.0 Å². The van der Waals surface area contributed by atoms with Crippen LogP contribution in [0.25, 0.3) is 16.7 Å². The molecule has 3 aromatic rings. The molecular weight excluding hydrogens is 420 g/mol. The van der Waals surface area contributed by atoms with Crippen LogP contribution in [0.2, 0.25) is 0 Å². The molecule has 0 bridgehead atoms. The Kier molecular flexibility index (Phi) is 7.71. The maximum atomic E-state index is 12.1. The first kappa shape index (κ1) is 23.7. The molecule has 1 amide bonds. The Labute approximate surface area is 206 Å². The summed E-state index contributed by atoms with van der Waals surface area (Å²) in [4.78, 5) is 31.7. The third-order valence-electron chi connectivity index (χ3n) is 5.55. The normalized spacial score (nSPS) is 13.7. The number of anilines is 1. The number of aromatic nitrogens is 1. The Bertz CT molecular complexity index is 1160. The van der Waals surface area contributed by atoms with Gasteiger partial charge >= 0.3 is 29.6 Å². The summed E-state index contributed by atoms with van der Waals surface area (Å²) in [6.07, 6.45) is 5.69. The number of amides is 1. The number of nitrogens with zero attached hydrogens (tertiary/aromatic N) is 3. The molecule has 0 fully saturated rings. The summed E-state index contributed by atoms with van der Waals surface area (Å²) in [5.41, 5.74) is 4.57. The third kappa shape index (κ3) is 4.63. The van der Waals surface area contributed by atoms with Gasteiger partial charge < -0.3 is 9.32 Å². The average Bonchev–Trinajstić information content (AvgIpc) is 3.07. The van der Waals surface area contributed by atoms with E-state index in [0.29, 0.717) is 31.5 Å². The van der Waals surface area contributed by atoms with Gasteiger partial charge in [-0.2, -0.15) is 0 Å². The molecule has 1 aromatic carbocycles. The second-order valence-corrected chi connectivity index (χ2v) is 7.77. The summed E-state index contributed by atoms with van der Waals surface area (Å²) in [7, 11) is 4.51. The van der Waals surface area contributed by atoms with Crippen LogP contribution in [0.3, 0.4) is 0 Å². The average molecular weight is 445 g/mol. The summed E-state index contributed by atoms with van der Waals surface area (Å²) in [5, 5.41) is 1.10. The molecule has 0 spiro atoms. The van der Waals surface area contributed by atoms with Gasteiger partial charge in [-0.1, -0.05) is 18.2 Å². The number of aldehydes is 1. The molecule has 156 valence electrons. The quantitative estimate of drug-likeness (QED) is 0.252. The summed E-state index contributed by atoms with van der Waals surface area (Å²) < 4.78 is 6.05. The first-order valence-electron chi connectivity index (χ1n) is 9.86. The molecule has 0 N–H and O–H groups in total. The molecule has 31 heavy (non-hydrogen) atoms. The molecule has 3 heterocycles. The van der Waals surface area contributed by atoms with E-state index < -0.39 is 0 Å². The number of hydrogen-bond donors (Lipinski definition) is 0. The standard InChI is InChI=1S/C23H24N3O3P.Na.H/c1-15-18-5-3-4-6-20(18)29-21(15)13-25(2)19(9-10-27)17-11-16-7-8-22(28)26(14-30)23(16)24-12-17;;/h3-6,9-12H,7-8,13-14,30H2,1-2H3;;/b19-9+;;. The van der Waals surface area contributed by atoms with Crippen molar-refractivity contribution in [1.82, 2.24) is 9.88 Å². The van der Waals surface area contributed by atoms with E-state index in [9.17, 15) is 9.59 Å². The molecule has 0 saturated heterocycles. The van der Waals surface area contributed by atoms with Crippen LogP contribution in [0.15, 0.2) is 47.0 Å². The van der Waals surface area contributed by atoms with E-state index in [1.165, 1.54) is 0 Å². The van der Waals surface area contributed by atoms with Crippen LogP contribution in [0.1, 0.15) is 28.9 Å². The summed E-state index contributed by atoms with van der Waals surface area (Å²) in [6.45, 7) is 2.57. The molecule has 4 rings (SSSR count). The van der Waals surface area contributed by atoms with Gasteiger partial charge in [-0.25, -0.2) is 4.98 Å². The second-order valence-electron chi connectivity index (χ2n) is 7.40. The van der Waals surface area contributed by atoms with Crippen LogP contribution in [-0.2, 0) is 22.6 Å². The van der Waals surface area contributed by atoms with E-state index >= 15 is 0 Å². The minimum atomic E-state index is 0. The number of benzene rings is 1. The van der Waals surface area contributed by atoms with Gasteiger partial charge in [0.25, 0.3) is 0 Å². The van der Waals surface area contributed by atoms with Crippen LogP contribution in [0.5, 0.6) is 0 Å². The van der Waals surface area contributed by atoms with Crippen LogP contribution in [0.4, 0.5) is 5.82 Å². The van der Waals surface area contributed by atoms with Gasteiger partial charge in [0.1, 0.15) is 23.4 Å². The molecule has 0 aliphatic carbocycles. The van der Waals surface area contributed by atoms with Crippen LogP contribution >= 0.6 is 9.24 Å². The van der Waals surface area contributed by atoms with Gasteiger partial charge in [-0.15, -0.1) is 9.24 Å². The fourth-order valence-corrected chi connectivity index (χ4v) is 4.31. The SMILES string of the molecule is Cc1c(CN(C)/C(=C/C=O)c2cnc3c(c2)CCC(=O)N3CP)oc2ccccc12.[NaH]. The number of allylic oxidation sites excluding steroid dienone is 1. The summed E-state index contributed by atoms with van der Waals surface area (Å²) in [6, 6.07) is 9.99. The molecular formula is C23H25N3NaO3P. The number of carbonyl (C=O) groups is 2. The maximum absolute atomic E-state index is 12.1. The molecule has 6 nitrogen and oxygen atoms in total. The predicted molar refractivity (Wildman–Crippen MR) is 128 cm³/mol. The predicted octanol–water partition coefficient (Wildman–Crippen LogP) is 3.27. The van der Waals surface area contributed by atoms with Crippen molar-refractivity contribution in [3.05, 3.63) is 65.1 Å². The number of hydrogen-bond acceptors (Lipinski definition) is 5. The van der Waals surface area contributed by atoms with E-state index in [4.69, 9.17) is 4.42 Å². The van der Waals surface area contributed by atoms with Crippen molar-refractivity contribution in [3.8, 4) is 0 Å². The molecule has 1 aliphatic rings. The number of carbonyl (C=O) groups excluding carboxylic acids is 2. The van der Waals surface area contributed by atoms with Gasteiger partial charge in [0.05, 0.1) is 6.54 Å². The zero-order valence-electron chi connectivity index (χ0n) is 17.1. The zero-order chi connectivity index (χ0) is 21.3. The van der Waals surface area contributed by atoms with Gasteiger partial charge in [-0.05, 0) is 31.0 Å².